The van der Waals surface area contributed by atoms with Crippen molar-refractivity contribution in [3.63, 3.8) is 0 Å². The number of carbonyl (C=O) groups excluding carboxylic acids is 2. The van der Waals surface area contributed by atoms with Gasteiger partial charge in [-0.2, -0.15) is 13.2 Å². The molecule has 0 radical (unpaired) electrons. The molecule has 0 aliphatic rings. The second-order valence-corrected chi connectivity index (χ2v) is 4.91. The number of carbonyl (C=O) groups is 2. The molecule has 0 spiro atoms. The number of alkyl halides is 3. The Kier molecular flexibility index (Phi) is 6.52. The first-order valence-electron chi connectivity index (χ1n) is 6.61. The molecule has 0 saturated heterocycles. The van der Waals surface area contributed by atoms with Crippen LogP contribution in [0.5, 0.6) is 0 Å². The van der Waals surface area contributed by atoms with Crippen LogP contribution in [-0.4, -0.2) is 49.7 Å². The largest absolute Gasteiger partial charge is 0.471 e. The zero-order valence-corrected chi connectivity index (χ0v) is 12.7. The van der Waals surface area contributed by atoms with Gasteiger partial charge >= 0.3 is 12.1 Å². The summed E-state index contributed by atoms with van der Waals surface area (Å²) in [4.78, 5) is 23.4. The van der Waals surface area contributed by atoms with Crippen molar-refractivity contribution in [1.29, 1.82) is 0 Å². The molecule has 3 N–H and O–H groups in total. The van der Waals surface area contributed by atoms with Gasteiger partial charge in [-0.25, -0.2) is 0 Å². The molecule has 128 valence electrons. The molecular formula is C14H18F3N3O3. The van der Waals surface area contributed by atoms with Gasteiger partial charge in [0.15, 0.2) is 0 Å². The number of nitrogens with zero attached hydrogens (tertiary/aromatic N) is 1. The molecule has 2 amide bonds. The molecule has 23 heavy (non-hydrogen) atoms. The second kappa shape index (κ2) is 7.93. The number of amides is 2. The minimum atomic E-state index is -4.92. The van der Waals surface area contributed by atoms with Crippen LogP contribution in [0.4, 0.5) is 18.9 Å². The van der Waals surface area contributed by atoms with E-state index in [1.165, 1.54) is 13.2 Å². The van der Waals surface area contributed by atoms with E-state index in [-0.39, 0.29) is 13.2 Å². The highest BCUT2D eigenvalue weighted by atomic mass is 19.4. The maximum Gasteiger partial charge on any atom is 0.471 e. The van der Waals surface area contributed by atoms with E-state index in [9.17, 15) is 22.8 Å². The lowest BCUT2D eigenvalue weighted by Crippen LogP contribution is -2.39. The number of benzene rings is 1. The summed E-state index contributed by atoms with van der Waals surface area (Å²) < 4.78 is 41.8. The summed E-state index contributed by atoms with van der Waals surface area (Å²) in [5.41, 5.74) is 6.37. The molecule has 0 heterocycles. The van der Waals surface area contributed by atoms with Crippen molar-refractivity contribution < 1.29 is 27.5 Å². The van der Waals surface area contributed by atoms with E-state index in [2.05, 4.69) is 5.32 Å². The Labute approximate surface area is 131 Å². The third kappa shape index (κ3) is 5.87. The molecule has 1 rings (SSSR count). The Bertz CT molecular complexity index is 564. The van der Waals surface area contributed by atoms with Gasteiger partial charge in [-0.3, -0.25) is 9.59 Å². The number of nitrogens with two attached hydrogens (primary N) is 1. The Morgan fingerprint density at radius 3 is 2.61 bits per heavy atom. The molecule has 0 bridgehead atoms. The number of halogens is 3. The number of methoxy groups -OCH3 is 1. The number of rotatable bonds is 6. The Balaban J connectivity index is 2.74. The van der Waals surface area contributed by atoms with Crippen LogP contribution < -0.4 is 11.1 Å². The first-order valence-corrected chi connectivity index (χ1v) is 6.61. The van der Waals surface area contributed by atoms with Crippen LogP contribution >= 0.6 is 0 Å². The SMILES string of the molecule is COCC(N)C(=O)Nc1cccc(CN(C)C(=O)C(F)(F)F)c1. The minimum Gasteiger partial charge on any atom is -0.383 e. The van der Waals surface area contributed by atoms with Crippen molar-refractivity contribution in [2.45, 2.75) is 18.8 Å². The van der Waals surface area contributed by atoms with E-state index in [1.807, 2.05) is 0 Å². The molecule has 0 saturated carbocycles. The lowest BCUT2D eigenvalue weighted by Gasteiger charge is -2.19. The quantitative estimate of drug-likeness (QED) is 0.817. The van der Waals surface area contributed by atoms with Crippen LogP contribution in [0.2, 0.25) is 0 Å². The average Bonchev–Trinajstić information content (AvgIpc) is 2.46. The third-order valence-corrected chi connectivity index (χ3v) is 2.89. The normalized spacial score (nSPS) is 12.6. The van der Waals surface area contributed by atoms with Gasteiger partial charge < -0.3 is 20.7 Å². The number of hydrogen-bond acceptors (Lipinski definition) is 4. The van der Waals surface area contributed by atoms with E-state index in [1.54, 1.807) is 18.2 Å². The monoisotopic (exact) mass is 333 g/mol. The maximum absolute atomic E-state index is 12.3. The smallest absolute Gasteiger partial charge is 0.383 e. The molecule has 0 aliphatic heterocycles. The van der Waals surface area contributed by atoms with Gasteiger partial charge in [-0.1, -0.05) is 12.1 Å². The van der Waals surface area contributed by atoms with Crippen LogP contribution in [0.15, 0.2) is 24.3 Å². The van der Waals surface area contributed by atoms with Crippen molar-refractivity contribution in [3.8, 4) is 0 Å². The van der Waals surface area contributed by atoms with Gasteiger partial charge in [-0.05, 0) is 17.7 Å². The summed E-state index contributed by atoms with van der Waals surface area (Å²) in [5, 5.41) is 2.53. The molecular weight excluding hydrogens is 315 g/mol. The number of anilines is 1. The van der Waals surface area contributed by atoms with Crippen LogP contribution in [-0.2, 0) is 20.9 Å². The molecule has 1 unspecified atom stereocenters. The van der Waals surface area contributed by atoms with Crippen molar-refractivity contribution in [1.82, 2.24) is 4.90 Å². The van der Waals surface area contributed by atoms with E-state index in [4.69, 9.17) is 10.5 Å². The van der Waals surface area contributed by atoms with Gasteiger partial charge in [0.1, 0.15) is 6.04 Å². The summed E-state index contributed by atoms with van der Waals surface area (Å²) in [5.74, 6) is -2.42. The minimum absolute atomic E-state index is 0.0361. The maximum atomic E-state index is 12.3. The highest BCUT2D eigenvalue weighted by Gasteiger charge is 2.41. The summed E-state index contributed by atoms with van der Waals surface area (Å²) in [6, 6.07) is 5.27. The summed E-state index contributed by atoms with van der Waals surface area (Å²) >= 11 is 0. The zero-order valence-electron chi connectivity index (χ0n) is 12.7. The fourth-order valence-corrected chi connectivity index (χ4v) is 1.80. The van der Waals surface area contributed by atoms with Crippen LogP contribution in [0.3, 0.4) is 0 Å². The van der Waals surface area contributed by atoms with E-state index in [0.29, 0.717) is 16.2 Å². The molecule has 1 aromatic carbocycles. The fraction of sp³-hybridized carbons (Fsp3) is 0.429. The second-order valence-electron chi connectivity index (χ2n) is 4.91. The topological polar surface area (TPSA) is 84.7 Å². The van der Waals surface area contributed by atoms with E-state index in [0.717, 1.165) is 7.05 Å². The standard InChI is InChI=1S/C14H18F3N3O3/c1-20(13(22)14(15,16)17)7-9-4-3-5-10(6-9)19-12(21)11(18)8-23-2/h3-6,11H,7-8,18H2,1-2H3,(H,19,21). The van der Waals surface area contributed by atoms with Gasteiger partial charge in [0.2, 0.25) is 5.91 Å². The molecule has 1 aromatic rings. The number of hydrogen-bond donors (Lipinski definition) is 2. The first-order chi connectivity index (χ1) is 10.6. The number of nitrogens with one attached hydrogen (secondary N) is 1. The fourth-order valence-electron chi connectivity index (χ4n) is 1.80. The summed E-state index contributed by atoms with van der Waals surface area (Å²) in [6.07, 6.45) is -4.92. The van der Waals surface area contributed by atoms with Crippen molar-refractivity contribution in [2.75, 3.05) is 26.1 Å². The molecule has 0 fully saturated rings. The van der Waals surface area contributed by atoms with Gasteiger partial charge in [-0.15, -0.1) is 0 Å². The van der Waals surface area contributed by atoms with Crippen molar-refractivity contribution >= 4 is 17.5 Å². The first kappa shape index (κ1) is 18.9. The highest BCUT2D eigenvalue weighted by molar-refractivity contribution is 5.94. The molecule has 0 aliphatic carbocycles. The summed E-state index contributed by atoms with van der Waals surface area (Å²) in [6.45, 7) is -0.208. The zero-order chi connectivity index (χ0) is 17.6. The van der Waals surface area contributed by atoms with Crippen LogP contribution in [0.25, 0.3) is 0 Å². The molecule has 9 heteroatoms. The van der Waals surface area contributed by atoms with Crippen LogP contribution in [0, 0.1) is 0 Å². The molecule has 1 atom stereocenters. The average molecular weight is 333 g/mol. The predicted octanol–water partition coefficient (Wildman–Crippen LogP) is 1.12. The van der Waals surface area contributed by atoms with E-state index < -0.39 is 24.0 Å². The Hall–Kier alpha value is -2.13. The lowest BCUT2D eigenvalue weighted by molar-refractivity contribution is -0.184. The third-order valence-electron chi connectivity index (χ3n) is 2.89. The predicted molar refractivity (Wildman–Crippen MR) is 77.5 cm³/mol. The van der Waals surface area contributed by atoms with Gasteiger partial charge in [0.25, 0.3) is 0 Å². The van der Waals surface area contributed by atoms with E-state index >= 15 is 0 Å². The van der Waals surface area contributed by atoms with Crippen molar-refractivity contribution in [3.05, 3.63) is 29.8 Å². The van der Waals surface area contributed by atoms with Gasteiger partial charge in [0, 0.05) is 26.4 Å². The number of ether oxygens (including phenoxy) is 1. The van der Waals surface area contributed by atoms with Gasteiger partial charge in [0.05, 0.1) is 6.61 Å². The molecule has 6 nitrogen and oxygen atoms in total. The Morgan fingerprint density at radius 1 is 1.39 bits per heavy atom. The van der Waals surface area contributed by atoms with Crippen LogP contribution in [0.1, 0.15) is 5.56 Å². The molecule has 0 aromatic heterocycles. The highest BCUT2D eigenvalue weighted by Crippen LogP contribution is 2.19. The Morgan fingerprint density at radius 2 is 2.04 bits per heavy atom. The lowest BCUT2D eigenvalue weighted by atomic mass is 10.2. The van der Waals surface area contributed by atoms with Crippen molar-refractivity contribution in [2.24, 2.45) is 5.73 Å². The summed E-state index contributed by atoms with van der Waals surface area (Å²) in [7, 11) is 2.46.